The van der Waals surface area contributed by atoms with Crippen LogP contribution in [0.5, 0.6) is 0 Å². The molecule has 0 radical (unpaired) electrons. The molecule has 0 saturated heterocycles. The number of pyridine rings is 1. The van der Waals surface area contributed by atoms with E-state index in [1.807, 2.05) is 0 Å². The van der Waals surface area contributed by atoms with Crippen LogP contribution in [0, 0.1) is 5.82 Å². The Morgan fingerprint density at radius 1 is 1.50 bits per heavy atom. The third-order valence-corrected chi connectivity index (χ3v) is 2.08. The van der Waals surface area contributed by atoms with Gasteiger partial charge in [-0.3, -0.25) is 0 Å². The summed E-state index contributed by atoms with van der Waals surface area (Å²) < 4.78 is 14.7. The Labute approximate surface area is 94.1 Å². The molecule has 1 N–H and O–H groups in total. The van der Waals surface area contributed by atoms with Crippen molar-refractivity contribution in [3.05, 3.63) is 41.1 Å². The normalized spacial score (nSPS) is 10.4. The van der Waals surface area contributed by atoms with Gasteiger partial charge in [0.25, 0.3) is 0 Å². The van der Waals surface area contributed by atoms with E-state index in [0.717, 1.165) is 10.7 Å². The van der Waals surface area contributed by atoms with Gasteiger partial charge in [0.15, 0.2) is 16.8 Å². The molecule has 2 heterocycles. The molecule has 0 unspecified atom stereocenters. The van der Waals surface area contributed by atoms with Crippen LogP contribution in [0.15, 0.2) is 24.5 Å². The summed E-state index contributed by atoms with van der Waals surface area (Å²) in [6.45, 7) is 0. The molecule has 0 fully saturated rings. The van der Waals surface area contributed by atoms with Crippen LogP contribution >= 0.6 is 11.6 Å². The molecule has 16 heavy (non-hydrogen) atoms. The number of nitrogens with zero attached hydrogens (tertiary/aromatic N) is 3. The SMILES string of the molecule is O=C(O)c1ccnc(-n2ccc(Cl)n2)c1F. The fourth-order valence-electron chi connectivity index (χ4n) is 1.18. The Bertz CT molecular complexity index is 555. The molecule has 2 aromatic rings. The molecule has 0 aliphatic heterocycles. The van der Waals surface area contributed by atoms with Crippen LogP contribution < -0.4 is 0 Å². The number of hydrogen-bond acceptors (Lipinski definition) is 3. The molecule has 0 saturated carbocycles. The zero-order valence-electron chi connectivity index (χ0n) is 7.76. The minimum Gasteiger partial charge on any atom is -0.478 e. The molecule has 0 atom stereocenters. The number of rotatable bonds is 2. The maximum atomic E-state index is 13.7. The van der Waals surface area contributed by atoms with Gasteiger partial charge in [0.2, 0.25) is 0 Å². The third kappa shape index (κ3) is 1.74. The molecule has 0 spiro atoms. The highest BCUT2D eigenvalue weighted by atomic mass is 35.5. The Balaban J connectivity index is 2.58. The first-order chi connectivity index (χ1) is 7.59. The first-order valence-electron chi connectivity index (χ1n) is 4.19. The number of carboxylic acid groups (broad SMARTS) is 1. The van der Waals surface area contributed by atoms with Crippen molar-refractivity contribution in [2.75, 3.05) is 0 Å². The lowest BCUT2D eigenvalue weighted by Crippen LogP contribution is -2.08. The number of carboxylic acids is 1. The first kappa shape index (κ1) is 10.6. The molecule has 0 aliphatic rings. The van der Waals surface area contributed by atoms with Crippen molar-refractivity contribution in [2.24, 2.45) is 0 Å². The van der Waals surface area contributed by atoms with Crippen molar-refractivity contribution in [3.8, 4) is 5.82 Å². The van der Waals surface area contributed by atoms with Crippen molar-refractivity contribution < 1.29 is 14.3 Å². The van der Waals surface area contributed by atoms with E-state index in [9.17, 15) is 9.18 Å². The number of halogens is 2. The molecule has 0 bridgehead atoms. The summed E-state index contributed by atoms with van der Waals surface area (Å²) in [5, 5.41) is 12.6. The van der Waals surface area contributed by atoms with Crippen LogP contribution in [0.25, 0.3) is 5.82 Å². The van der Waals surface area contributed by atoms with Gasteiger partial charge in [-0.05, 0) is 12.1 Å². The fourth-order valence-corrected chi connectivity index (χ4v) is 1.32. The second-order valence-electron chi connectivity index (χ2n) is 2.88. The Kier molecular flexibility index (Phi) is 2.57. The van der Waals surface area contributed by atoms with E-state index in [2.05, 4.69) is 10.1 Å². The number of carbonyl (C=O) groups is 1. The highest BCUT2D eigenvalue weighted by Gasteiger charge is 2.16. The van der Waals surface area contributed by atoms with Crippen molar-refractivity contribution in [1.29, 1.82) is 0 Å². The molecule has 7 heteroatoms. The Morgan fingerprint density at radius 2 is 2.25 bits per heavy atom. The lowest BCUT2D eigenvalue weighted by molar-refractivity contribution is 0.0691. The van der Waals surface area contributed by atoms with Crippen LogP contribution in [-0.4, -0.2) is 25.8 Å². The topological polar surface area (TPSA) is 68.0 Å². The zero-order valence-corrected chi connectivity index (χ0v) is 8.52. The minimum atomic E-state index is -1.36. The average molecular weight is 242 g/mol. The van der Waals surface area contributed by atoms with Gasteiger partial charge >= 0.3 is 5.97 Å². The molecule has 5 nitrogen and oxygen atoms in total. The van der Waals surface area contributed by atoms with Crippen molar-refractivity contribution in [1.82, 2.24) is 14.8 Å². The van der Waals surface area contributed by atoms with Gasteiger partial charge in [-0.2, -0.15) is 5.10 Å². The molecule has 2 rings (SSSR count). The van der Waals surface area contributed by atoms with Gasteiger partial charge in [-0.25, -0.2) is 18.9 Å². The lowest BCUT2D eigenvalue weighted by Gasteiger charge is -2.03. The van der Waals surface area contributed by atoms with Gasteiger partial charge in [0, 0.05) is 12.4 Å². The molecular formula is C9H5ClFN3O2. The predicted molar refractivity (Wildman–Crippen MR) is 53.3 cm³/mol. The molecule has 0 aromatic carbocycles. The van der Waals surface area contributed by atoms with Crippen molar-refractivity contribution in [2.45, 2.75) is 0 Å². The lowest BCUT2D eigenvalue weighted by atomic mass is 10.2. The molecule has 0 amide bonds. The second kappa shape index (κ2) is 3.90. The van der Waals surface area contributed by atoms with E-state index >= 15 is 0 Å². The quantitative estimate of drug-likeness (QED) is 0.870. The van der Waals surface area contributed by atoms with Gasteiger partial charge < -0.3 is 5.11 Å². The van der Waals surface area contributed by atoms with Crippen LogP contribution in [0.2, 0.25) is 5.15 Å². The van der Waals surface area contributed by atoms with Gasteiger partial charge in [0.05, 0.1) is 0 Å². The maximum absolute atomic E-state index is 13.7. The van der Waals surface area contributed by atoms with Gasteiger partial charge in [0.1, 0.15) is 5.56 Å². The summed E-state index contributed by atoms with van der Waals surface area (Å²) in [5.74, 6) is -2.51. The van der Waals surface area contributed by atoms with Gasteiger partial charge in [-0.15, -0.1) is 0 Å². The minimum absolute atomic E-state index is 0.168. The van der Waals surface area contributed by atoms with Crippen molar-refractivity contribution in [3.63, 3.8) is 0 Å². The summed E-state index contributed by atoms with van der Waals surface area (Å²) in [7, 11) is 0. The third-order valence-electron chi connectivity index (χ3n) is 1.87. The smallest absolute Gasteiger partial charge is 0.338 e. The highest BCUT2D eigenvalue weighted by Crippen LogP contribution is 2.15. The largest absolute Gasteiger partial charge is 0.478 e. The summed E-state index contributed by atoms with van der Waals surface area (Å²) >= 11 is 5.57. The maximum Gasteiger partial charge on any atom is 0.338 e. The first-order valence-corrected chi connectivity index (χ1v) is 4.56. The number of hydrogen-bond donors (Lipinski definition) is 1. The standard InChI is InChI=1S/C9H5ClFN3O2/c10-6-2-4-14(13-6)8-7(11)5(9(15)16)1-3-12-8/h1-4H,(H,15,16). The summed E-state index contributed by atoms with van der Waals surface area (Å²) in [6, 6.07) is 2.52. The molecule has 82 valence electrons. The average Bonchev–Trinajstić information content (AvgIpc) is 2.64. The summed E-state index contributed by atoms with van der Waals surface area (Å²) in [6.07, 6.45) is 2.58. The van der Waals surface area contributed by atoms with Crippen LogP contribution in [0.1, 0.15) is 10.4 Å². The highest BCUT2D eigenvalue weighted by molar-refractivity contribution is 6.29. The van der Waals surface area contributed by atoms with Crippen LogP contribution in [0.3, 0.4) is 0 Å². The molecule has 0 aliphatic carbocycles. The van der Waals surface area contributed by atoms with E-state index in [4.69, 9.17) is 16.7 Å². The zero-order chi connectivity index (χ0) is 11.7. The fraction of sp³-hybridized carbons (Fsp3) is 0. The predicted octanol–water partition coefficient (Wildman–Crippen LogP) is 1.76. The van der Waals surface area contributed by atoms with Crippen LogP contribution in [0.4, 0.5) is 4.39 Å². The summed E-state index contributed by atoms with van der Waals surface area (Å²) in [4.78, 5) is 14.4. The van der Waals surface area contributed by atoms with Crippen LogP contribution in [-0.2, 0) is 0 Å². The van der Waals surface area contributed by atoms with E-state index in [1.165, 1.54) is 18.5 Å². The number of aromatic carboxylic acids is 1. The van der Waals surface area contributed by atoms with E-state index in [-0.39, 0.29) is 11.0 Å². The summed E-state index contributed by atoms with van der Waals surface area (Å²) in [5.41, 5.74) is -0.461. The number of aromatic nitrogens is 3. The molecular weight excluding hydrogens is 237 g/mol. The monoisotopic (exact) mass is 241 g/mol. The molecule has 2 aromatic heterocycles. The van der Waals surface area contributed by atoms with Crippen molar-refractivity contribution >= 4 is 17.6 Å². The Morgan fingerprint density at radius 3 is 2.81 bits per heavy atom. The second-order valence-corrected chi connectivity index (χ2v) is 3.27. The van der Waals surface area contributed by atoms with E-state index < -0.39 is 17.3 Å². The Hall–Kier alpha value is -1.95. The van der Waals surface area contributed by atoms with E-state index in [0.29, 0.717) is 0 Å². The van der Waals surface area contributed by atoms with E-state index in [1.54, 1.807) is 0 Å². The van der Waals surface area contributed by atoms with Gasteiger partial charge in [-0.1, -0.05) is 11.6 Å².